The lowest BCUT2D eigenvalue weighted by atomic mass is 10.4. The summed E-state index contributed by atoms with van der Waals surface area (Å²) in [5.41, 5.74) is 0. The summed E-state index contributed by atoms with van der Waals surface area (Å²) < 4.78 is 4.86. The van der Waals surface area contributed by atoms with Crippen LogP contribution in [0.5, 0.6) is 0 Å². The SMILES string of the molecule is CCOC(=O)CN(CC)CC(=O)N(C)CC(=O)NC1CC1. The lowest BCUT2D eigenvalue weighted by Crippen LogP contribution is -2.44. The molecule has 0 unspecified atom stereocenters. The van der Waals surface area contributed by atoms with Gasteiger partial charge in [0.2, 0.25) is 11.8 Å². The second kappa shape index (κ2) is 8.61. The third-order valence-corrected chi connectivity index (χ3v) is 3.21. The Bertz CT molecular complexity index is 382. The minimum atomic E-state index is -0.346. The molecule has 1 rings (SSSR count). The van der Waals surface area contributed by atoms with Gasteiger partial charge >= 0.3 is 5.97 Å². The Labute approximate surface area is 125 Å². The number of nitrogens with zero attached hydrogens (tertiary/aromatic N) is 2. The molecule has 1 fully saturated rings. The van der Waals surface area contributed by atoms with E-state index in [0.717, 1.165) is 12.8 Å². The van der Waals surface area contributed by atoms with Gasteiger partial charge in [-0.1, -0.05) is 6.92 Å². The van der Waals surface area contributed by atoms with Gasteiger partial charge in [0.05, 0.1) is 26.2 Å². The van der Waals surface area contributed by atoms with Crippen LogP contribution >= 0.6 is 0 Å². The molecule has 0 aromatic heterocycles. The first-order valence-electron chi connectivity index (χ1n) is 7.37. The van der Waals surface area contributed by atoms with Gasteiger partial charge in [0.25, 0.3) is 0 Å². The van der Waals surface area contributed by atoms with Crippen molar-refractivity contribution in [1.29, 1.82) is 0 Å². The molecule has 0 spiro atoms. The van der Waals surface area contributed by atoms with Gasteiger partial charge in [-0.05, 0) is 26.3 Å². The number of esters is 1. The van der Waals surface area contributed by atoms with Crippen LogP contribution < -0.4 is 5.32 Å². The van der Waals surface area contributed by atoms with E-state index < -0.39 is 0 Å². The number of amides is 2. The predicted molar refractivity (Wildman–Crippen MR) is 77.5 cm³/mol. The predicted octanol–water partition coefficient (Wildman–Crippen LogP) is -0.392. The second-order valence-corrected chi connectivity index (χ2v) is 5.20. The van der Waals surface area contributed by atoms with Gasteiger partial charge in [-0.15, -0.1) is 0 Å². The first kappa shape index (κ1) is 17.4. The van der Waals surface area contributed by atoms with Crippen molar-refractivity contribution in [2.75, 3.05) is 39.8 Å². The molecule has 0 atom stereocenters. The fraction of sp³-hybridized carbons (Fsp3) is 0.786. The minimum Gasteiger partial charge on any atom is -0.465 e. The normalized spacial score (nSPS) is 13.9. The fourth-order valence-electron chi connectivity index (χ4n) is 1.79. The molecular formula is C14H25N3O4. The zero-order valence-electron chi connectivity index (χ0n) is 13.1. The van der Waals surface area contributed by atoms with Gasteiger partial charge in [0, 0.05) is 13.1 Å². The second-order valence-electron chi connectivity index (χ2n) is 5.20. The Hall–Kier alpha value is -1.63. The van der Waals surface area contributed by atoms with Gasteiger partial charge in [-0.25, -0.2) is 0 Å². The molecule has 0 radical (unpaired) electrons. The van der Waals surface area contributed by atoms with Crippen molar-refractivity contribution in [3.63, 3.8) is 0 Å². The number of hydrogen-bond donors (Lipinski definition) is 1. The largest absolute Gasteiger partial charge is 0.465 e. The molecule has 0 aromatic rings. The summed E-state index contributed by atoms with van der Waals surface area (Å²) in [6.07, 6.45) is 2.04. The molecule has 2 amide bonds. The first-order chi connectivity index (χ1) is 9.96. The highest BCUT2D eigenvalue weighted by atomic mass is 16.5. The highest BCUT2D eigenvalue weighted by molar-refractivity contribution is 5.86. The number of rotatable bonds is 9. The van der Waals surface area contributed by atoms with Crippen LogP contribution in [0.25, 0.3) is 0 Å². The standard InChI is InChI=1S/C14H25N3O4/c1-4-17(10-14(20)21-5-2)9-13(19)16(3)8-12(18)15-11-6-7-11/h11H,4-10H2,1-3H3,(H,15,18). The molecule has 0 aliphatic heterocycles. The molecule has 0 aromatic carbocycles. The maximum Gasteiger partial charge on any atom is 0.320 e. The van der Waals surface area contributed by atoms with E-state index in [2.05, 4.69) is 5.32 Å². The van der Waals surface area contributed by atoms with E-state index in [0.29, 0.717) is 13.2 Å². The molecule has 1 aliphatic rings. The Morgan fingerprint density at radius 3 is 2.33 bits per heavy atom. The van der Waals surface area contributed by atoms with Crippen LogP contribution in [0, 0.1) is 0 Å². The van der Waals surface area contributed by atoms with E-state index in [-0.39, 0.29) is 43.5 Å². The van der Waals surface area contributed by atoms with Gasteiger partial charge in [0.15, 0.2) is 0 Å². The zero-order valence-corrected chi connectivity index (χ0v) is 13.1. The Morgan fingerprint density at radius 1 is 1.14 bits per heavy atom. The summed E-state index contributed by atoms with van der Waals surface area (Å²) in [6.45, 7) is 4.73. The van der Waals surface area contributed by atoms with Crippen LogP contribution in [0.3, 0.4) is 0 Å². The summed E-state index contributed by atoms with van der Waals surface area (Å²) in [6, 6.07) is 0.289. The number of ether oxygens (including phenoxy) is 1. The van der Waals surface area contributed by atoms with E-state index in [1.54, 1.807) is 18.9 Å². The Balaban J connectivity index is 2.33. The zero-order chi connectivity index (χ0) is 15.8. The maximum absolute atomic E-state index is 12.0. The summed E-state index contributed by atoms with van der Waals surface area (Å²) in [4.78, 5) is 38.2. The van der Waals surface area contributed by atoms with E-state index in [1.807, 2.05) is 6.92 Å². The monoisotopic (exact) mass is 299 g/mol. The molecule has 0 heterocycles. The van der Waals surface area contributed by atoms with Crippen LogP contribution in [0.4, 0.5) is 0 Å². The van der Waals surface area contributed by atoms with Crippen molar-refractivity contribution in [3.05, 3.63) is 0 Å². The molecule has 1 saturated carbocycles. The van der Waals surface area contributed by atoms with Crippen molar-refractivity contribution in [2.45, 2.75) is 32.7 Å². The third kappa shape index (κ3) is 7.08. The number of carbonyl (C=O) groups is 3. The summed E-state index contributed by atoms with van der Waals surface area (Å²) >= 11 is 0. The van der Waals surface area contributed by atoms with Crippen LogP contribution in [-0.2, 0) is 19.1 Å². The quantitative estimate of drug-likeness (QED) is 0.587. The van der Waals surface area contributed by atoms with Crippen LogP contribution in [0.1, 0.15) is 26.7 Å². The van der Waals surface area contributed by atoms with Crippen molar-refractivity contribution in [2.24, 2.45) is 0 Å². The van der Waals surface area contributed by atoms with E-state index >= 15 is 0 Å². The maximum atomic E-state index is 12.0. The van der Waals surface area contributed by atoms with E-state index in [9.17, 15) is 14.4 Å². The van der Waals surface area contributed by atoms with Crippen LogP contribution in [-0.4, -0.2) is 73.5 Å². The summed E-state index contributed by atoms with van der Waals surface area (Å²) in [7, 11) is 1.59. The van der Waals surface area contributed by atoms with Crippen molar-refractivity contribution < 1.29 is 19.1 Å². The molecular weight excluding hydrogens is 274 g/mol. The van der Waals surface area contributed by atoms with Crippen LogP contribution in [0.2, 0.25) is 0 Å². The molecule has 120 valence electrons. The molecule has 1 aliphatic carbocycles. The number of likely N-dealkylation sites (N-methyl/N-ethyl adjacent to an activating group) is 2. The number of carbonyl (C=O) groups excluding carboxylic acids is 3. The highest BCUT2D eigenvalue weighted by Gasteiger charge is 2.24. The molecule has 7 heteroatoms. The number of nitrogens with one attached hydrogen (secondary N) is 1. The fourth-order valence-corrected chi connectivity index (χ4v) is 1.79. The first-order valence-corrected chi connectivity index (χ1v) is 7.37. The van der Waals surface area contributed by atoms with Gasteiger partial charge < -0.3 is 15.0 Å². The third-order valence-electron chi connectivity index (χ3n) is 3.21. The minimum absolute atomic E-state index is 0.0479. The van der Waals surface area contributed by atoms with Crippen molar-refractivity contribution in [3.8, 4) is 0 Å². The van der Waals surface area contributed by atoms with Crippen molar-refractivity contribution in [1.82, 2.24) is 15.1 Å². The molecule has 0 saturated heterocycles. The lowest BCUT2D eigenvalue weighted by Gasteiger charge is -2.23. The smallest absolute Gasteiger partial charge is 0.320 e. The lowest BCUT2D eigenvalue weighted by molar-refractivity contribution is -0.145. The Kier molecular flexibility index (Phi) is 7.14. The summed E-state index contributed by atoms with van der Waals surface area (Å²) in [5, 5.41) is 2.84. The highest BCUT2D eigenvalue weighted by Crippen LogP contribution is 2.18. The summed E-state index contributed by atoms with van der Waals surface area (Å²) in [5.74, 6) is -0.671. The molecule has 21 heavy (non-hydrogen) atoms. The van der Waals surface area contributed by atoms with E-state index in [1.165, 1.54) is 4.90 Å². The number of hydrogen-bond acceptors (Lipinski definition) is 5. The Morgan fingerprint density at radius 2 is 1.81 bits per heavy atom. The van der Waals surface area contributed by atoms with Gasteiger partial charge in [-0.2, -0.15) is 0 Å². The topological polar surface area (TPSA) is 79.0 Å². The van der Waals surface area contributed by atoms with Gasteiger partial charge in [-0.3, -0.25) is 19.3 Å². The average molecular weight is 299 g/mol. The van der Waals surface area contributed by atoms with Crippen molar-refractivity contribution >= 4 is 17.8 Å². The van der Waals surface area contributed by atoms with E-state index in [4.69, 9.17) is 4.74 Å². The molecule has 7 nitrogen and oxygen atoms in total. The van der Waals surface area contributed by atoms with Gasteiger partial charge in [0.1, 0.15) is 0 Å². The molecule has 1 N–H and O–H groups in total. The molecule has 0 bridgehead atoms. The van der Waals surface area contributed by atoms with Crippen LogP contribution in [0.15, 0.2) is 0 Å². The average Bonchev–Trinajstić information content (AvgIpc) is 3.21.